The third-order valence-corrected chi connectivity index (χ3v) is 5.16. The van der Waals surface area contributed by atoms with Crippen LogP contribution in [0.15, 0.2) is 47.4 Å². The number of nitrogens with one attached hydrogen (secondary N) is 2. The highest BCUT2D eigenvalue weighted by Gasteiger charge is 2.19. The molecule has 2 N–H and O–H groups in total. The van der Waals surface area contributed by atoms with E-state index in [1.54, 1.807) is 6.92 Å². The molecule has 0 saturated carbocycles. The van der Waals surface area contributed by atoms with Crippen LogP contribution in [0, 0.1) is 11.6 Å². The number of anilines is 1. The molecular formula is C17H18F2N2O3S. The highest BCUT2D eigenvalue weighted by atomic mass is 32.2. The van der Waals surface area contributed by atoms with Crippen molar-refractivity contribution in [3.63, 3.8) is 0 Å². The Kier molecular flexibility index (Phi) is 5.86. The summed E-state index contributed by atoms with van der Waals surface area (Å²) in [6, 6.07) is 7.67. The van der Waals surface area contributed by atoms with E-state index in [1.807, 2.05) is 6.92 Å². The van der Waals surface area contributed by atoms with E-state index >= 15 is 0 Å². The molecule has 8 heteroatoms. The molecule has 25 heavy (non-hydrogen) atoms. The SMILES string of the molecule is CC[C@H](C)NS(=O)(=O)c1ccc(NC(=O)c2ccc(F)cc2)c(F)c1. The second kappa shape index (κ2) is 7.71. The lowest BCUT2D eigenvalue weighted by Crippen LogP contribution is -2.32. The van der Waals surface area contributed by atoms with Crippen LogP contribution in [0.3, 0.4) is 0 Å². The Morgan fingerprint density at radius 3 is 2.32 bits per heavy atom. The normalized spacial score (nSPS) is 12.6. The lowest BCUT2D eigenvalue weighted by atomic mass is 10.2. The molecule has 2 aromatic rings. The van der Waals surface area contributed by atoms with E-state index in [9.17, 15) is 22.0 Å². The standard InChI is InChI=1S/C17H18F2N2O3S/c1-3-11(2)21-25(23,24)14-8-9-16(15(19)10-14)20-17(22)12-4-6-13(18)7-5-12/h4-11,21H,3H2,1-2H3,(H,20,22)/t11-/m0/s1. The number of halogens is 2. The monoisotopic (exact) mass is 368 g/mol. The van der Waals surface area contributed by atoms with Gasteiger partial charge in [0.1, 0.15) is 11.6 Å². The first-order valence-electron chi connectivity index (χ1n) is 7.61. The molecule has 0 spiro atoms. The number of amides is 1. The highest BCUT2D eigenvalue weighted by molar-refractivity contribution is 7.89. The summed E-state index contributed by atoms with van der Waals surface area (Å²) in [4.78, 5) is 11.8. The van der Waals surface area contributed by atoms with Crippen molar-refractivity contribution < 1.29 is 22.0 Å². The van der Waals surface area contributed by atoms with Gasteiger partial charge in [-0.15, -0.1) is 0 Å². The van der Waals surface area contributed by atoms with Crippen LogP contribution in [0.2, 0.25) is 0 Å². The van der Waals surface area contributed by atoms with Crippen LogP contribution in [0.5, 0.6) is 0 Å². The summed E-state index contributed by atoms with van der Waals surface area (Å²) >= 11 is 0. The number of hydrogen-bond acceptors (Lipinski definition) is 3. The van der Waals surface area contributed by atoms with Gasteiger partial charge in [-0.05, 0) is 55.8 Å². The predicted octanol–water partition coefficient (Wildman–Crippen LogP) is 3.29. The quantitative estimate of drug-likeness (QED) is 0.822. The summed E-state index contributed by atoms with van der Waals surface area (Å²) in [5, 5.41) is 2.32. The molecule has 0 aromatic heterocycles. The summed E-state index contributed by atoms with van der Waals surface area (Å²) in [5.74, 6) is -2.01. The predicted molar refractivity (Wildman–Crippen MR) is 90.8 cm³/mol. The van der Waals surface area contributed by atoms with Gasteiger partial charge >= 0.3 is 0 Å². The molecule has 2 aromatic carbocycles. The van der Waals surface area contributed by atoms with Crippen LogP contribution in [-0.2, 0) is 10.0 Å². The number of rotatable bonds is 6. The molecule has 0 unspecified atom stereocenters. The number of carbonyl (C=O) groups excluding carboxylic acids is 1. The van der Waals surface area contributed by atoms with Gasteiger partial charge in [-0.1, -0.05) is 6.92 Å². The van der Waals surface area contributed by atoms with Crippen molar-refractivity contribution in [2.45, 2.75) is 31.2 Å². The van der Waals surface area contributed by atoms with E-state index in [2.05, 4.69) is 10.0 Å². The average Bonchev–Trinajstić information content (AvgIpc) is 2.56. The molecule has 1 atom stereocenters. The molecule has 2 rings (SSSR count). The Morgan fingerprint density at radius 1 is 1.12 bits per heavy atom. The Bertz CT molecular complexity index is 868. The van der Waals surface area contributed by atoms with Crippen LogP contribution >= 0.6 is 0 Å². The van der Waals surface area contributed by atoms with E-state index in [-0.39, 0.29) is 22.2 Å². The van der Waals surface area contributed by atoms with E-state index in [1.165, 1.54) is 24.3 Å². The van der Waals surface area contributed by atoms with Crippen molar-refractivity contribution in [1.82, 2.24) is 4.72 Å². The number of carbonyl (C=O) groups is 1. The fraction of sp³-hybridized carbons (Fsp3) is 0.235. The van der Waals surface area contributed by atoms with Crippen LogP contribution < -0.4 is 10.0 Å². The lowest BCUT2D eigenvalue weighted by Gasteiger charge is -2.13. The summed E-state index contributed by atoms with van der Waals surface area (Å²) < 4.78 is 53.7. The number of benzene rings is 2. The van der Waals surface area contributed by atoms with E-state index in [0.29, 0.717) is 6.42 Å². The van der Waals surface area contributed by atoms with Crippen molar-refractivity contribution in [3.8, 4) is 0 Å². The Labute approximate surface area is 145 Å². The summed E-state index contributed by atoms with van der Waals surface area (Å²) in [7, 11) is -3.84. The van der Waals surface area contributed by atoms with Crippen LogP contribution in [0.1, 0.15) is 30.6 Å². The maximum atomic E-state index is 14.2. The van der Waals surface area contributed by atoms with Crippen LogP contribution in [0.4, 0.5) is 14.5 Å². The lowest BCUT2D eigenvalue weighted by molar-refractivity contribution is 0.102. The minimum atomic E-state index is -3.84. The molecule has 0 aliphatic rings. The van der Waals surface area contributed by atoms with Gasteiger partial charge in [-0.25, -0.2) is 21.9 Å². The molecule has 0 heterocycles. The molecule has 0 fully saturated rings. The zero-order valence-electron chi connectivity index (χ0n) is 13.7. The van der Waals surface area contributed by atoms with Gasteiger partial charge < -0.3 is 5.32 Å². The van der Waals surface area contributed by atoms with E-state index in [4.69, 9.17) is 0 Å². The first kappa shape index (κ1) is 19.0. The van der Waals surface area contributed by atoms with Gasteiger partial charge in [0.25, 0.3) is 5.91 Å². The summed E-state index contributed by atoms with van der Waals surface area (Å²) in [5.41, 5.74) is -0.0206. The summed E-state index contributed by atoms with van der Waals surface area (Å²) in [6.45, 7) is 3.52. The fourth-order valence-electron chi connectivity index (χ4n) is 1.98. The second-order valence-corrected chi connectivity index (χ2v) is 7.25. The maximum absolute atomic E-state index is 14.2. The molecule has 0 saturated heterocycles. The Morgan fingerprint density at radius 2 is 1.76 bits per heavy atom. The Hall–Kier alpha value is -2.32. The van der Waals surface area contributed by atoms with Gasteiger partial charge in [0.05, 0.1) is 10.6 Å². The van der Waals surface area contributed by atoms with Crippen molar-refractivity contribution >= 4 is 21.6 Å². The minimum absolute atomic E-state index is 0.149. The van der Waals surface area contributed by atoms with Crippen LogP contribution in [0.25, 0.3) is 0 Å². The third-order valence-electron chi connectivity index (χ3n) is 3.57. The van der Waals surface area contributed by atoms with Gasteiger partial charge in [-0.2, -0.15) is 0 Å². The molecule has 0 aliphatic heterocycles. The van der Waals surface area contributed by atoms with E-state index in [0.717, 1.165) is 18.2 Å². The van der Waals surface area contributed by atoms with Crippen molar-refractivity contribution in [3.05, 3.63) is 59.7 Å². The second-order valence-electron chi connectivity index (χ2n) is 5.53. The highest BCUT2D eigenvalue weighted by Crippen LogP contribution is 2.20. The molecule has 1 amide bonds. The summed E-state index contributed by atoms with van der Waals surface area (Å²) in [6.07, 6.45) is 0.591. The molecule has 5 nitrogen and oxygen atoms in total. The van der Waals surface area contributed by atoms with Crippen molar-refractivity contribution in [2.24, 2.45) is 0 Å². The first-order chi connectivity index (χ1) is 11.7. The van der Waals surface area contributed by atoms with Gasteiger partial charge in [0.15, 0.2) is 0 Å². The molecule has 0 aliphatic carbocycles. The van der Waals surface area contributed by atoms with E-state index < -0.39 is 27.6 Å². The molecular weight excluding hydrogens is 350 g/mol. The first-order valence-corrected chi connectivity index (χ1v) is 9.10. The smallest absolute Gasteiger partial charge is 0.255 e. The average molecular weight is 368 g/mol. The molecule has 134 valence electrons. The zero-order valence-corrected chi connectivity index (χ0v) is 14.5. The molecule has 0 radical (unpaired) electrons. The topological polar surface area (TPSA) is 75.3 Å². The largest absolute Gasteiger partial charge is 0.319 e. The fourth-order valence-corrected chi connectivity index (χ4v) is 3.31. The van der Waals surface area contributed by atoms with Crippen LogP contribution in [-0.4, -0.2) is 20.4 Å². The van der Waals surface area contributed by atoms with Gasteiger partial charge in [0.2, 0.25) is 10.0 Å². The minimum Gasteiger partial charge on any atom is -0.319 e. The maximum Gasteiger partial charge on any atom is 0.255 e. The number of sulfonamides is 1. The Balaban J connectivity index is 2.19. The third kappa shape index (κ3) is 4.83. The van der Waals surface area contributed by atoms with Crippen molar-refractivity contribution in [1.29, 1.82) is 0 Å². The van der Waals surface area contributed by atoms with Gasteiger partial charge in [0, 0.05) is 11.6 Å². The zero-order chi connectivity index (χ0) is 18.6. The molecule has 0 bridgehead atoms. The number of hydrogen-bond donors (Lipinski definition) is 2. The van der Waals surface area contributed by atoms with Gasteiger partial charge in [-0.3, -0.25) is 4.79 Å². The van der Waals surface area contributed by atoms with Crippen molar-refractivity contribution in [2.75, 3.05) is 5.32 Å².